The minimum absolute atomic E-state index is 0.110. The Kier molecular flexibility index (Phi) is 11.6. The van der Waals surface area contributed by atoms with E-state index in [-0.39, 0.29) is 12.3 Å². The molecule has 0 aromatic carbocycles. The maximum atomic E-state index is 12.1. The molecule has 0 aliphatic heterocycles. The van der Waals surface area contributed by atoms with Gasteiger partial charge in [0, 0.05) is 0 Å². The predicted molar refractivity (Wildman–Crippen MR) is 111 cm³/mol. The number of amides is 1. The van der Waals surface area contributed by atoms with Crippen LogP contribution in [0.3, 0.4) is 0 Å². The van der Waals surface area contributed by atoms with E-state index < -0.39 is 18.0 Å². The lowest BCUT2D eigenvalue weighted by Gasteiger charge is -2.21. The standard InChI is InChI=1S/C20H32N2O5S/c1-4-6-11-21-16(19(24)25)12-18(23)22-13-28-17-10-8-7-9-15(17)14(3)20(26)27-5-2/h16,21H,3-13H2,1-2H3,(H,22,23)(H,24,25)/t16-/m1/s1. The zero-order valence-corrected chi connectivity index (χ0v) is 17.7. The minimum Gasteiger partial charge on any atom is -0.480 e. The Labute approximate surface area is 171 Å². The molecule has 1 atom stereocenters. The van der Waals surface area contributed by atoms with Gasteiger partial charge in [0.05, 0.1) is 24.5 Å². The van der Waals surface area contributed by atoms with Crippen molar-refractivity contribution in [2.45, 2.75) is 64.8 Å². The maximum absolute atomic E-state index is 12.1. The SMILES string of the molecule is C=C(C(=O)OCC)C1=C(SCNC(=O)C[C@@H](NCCCC)C(=O)O)CCCC1. The normalized spacial score (nSPS) is 15.1. The van der Waals surface area contributed by atoms with Crippen molar-refractivity contribution in [3.05, 3.63) is 22.6 Å². The number of hydrogen-bond donors (Lipinski definition) is 3. The molecule has 0 aromatic heterocycles. The number of rotatable bonds is 13. The van der Waals surface area contributed by atoms with Crippen LogP contribution in [0.4, 0.5) is 0 Å². The lowest BCUT2D eigenvalue weighted by Crippen LogP contribution is -2.41. The van der Waals surface area contributed by atoms with Crippen LogP contribution in [-0.4, -0.2) is 48.0 Å². The second-order valence-corrected chi connectivity index (χ2v) is 7.67. The van der Waals surface area contributed by atoms with Crippen molar-refractivity contribution in [3.63, 3.8) is 0 Å². The van der Waals surface area contributed by atoms with Crippen molar-refractivity contribution < 1.29 is 24.2 Å². The Morgan fingerprint density at radius 1 is 1.25 bits per heavy atom. The molecule has 0 heterocycles. The second-order valence-electron chi connectivity index (χ2n) is 6.60. The number of aliphatic carboxylic acids is 1. The number of unbranched alkanes of at least 4 members (excludes halogenated alkanes) is 1. The summed E-state index contributed by atoms with van der Waals surface area (Å²) in [5.74, 6) is -1.41. The zero-order valence-electron chi connectivity index (χ0n) is 16.8. The van der Waals surface area contributed by atoms with E-state index in [0.717, 1.165) is 49.0 Å². The van der Waals surface area contributed by atoms with E-state index in [1.54, 1.807) is 6.92 Å². The highest BCUT2D eigenvalue weighted by Crippen LogP contribution is 2.36. The molecule has 0 saturated carbocycles. The van der Waals surface area contributed by atoms with Gasteiger partial charge in [-0.2, -0.15) is 0 Å². The molecule has 0 radical (unpaired) electrons. The Balaban J connectivity index is 2.56. The van der Waals surface area contributed by atoms with E-state index in [1.807, 2.05) is 6.92 Å². The van der Waals surface area contributed by atoms with E-state index in [0.29, 0.717) is 24.6 Å². The fourth-order valence-electron chi connectivity index (χ4n) is 2.86. The van der Waals surface area contributed by atoms with Crippen LogP contribution in [0.1, 0.15) is 58.8 Å². The van der Waals surface area contributed by atoms with Gasteiger partial charge in [0.15, 0.2) is 0 Å². The van der Waals surface area contributed by atoms with Gasteiger partial charge in [-0.25, -0.2) is 4.79 Å². The van der Waals surface area contributed by atoms with Crippen LogP contribution in [0.2, 0.25) is 0 Å². The van der Waals surface area contributed by atoms with Gasteiger partial charge in [-0.05, 0) is 56.1 Å². The van der Waals surface area contributed by atoms with Crippen molar-refractivity contribution in [3.8, 4) is 0 Å². The fourth-order valence-corrected chi connectivity index (χ4v) is 3.95. The van der Waals surface area contributed by atoms with Crippen molar-refractivity contribution in [1.82, 2.24) is 10.6 Å². The quantitative estimate of drug-likeness (QED) is 0.185. The zero-order chi connectivity index (χ0) is 20.9. The van der Waals surface area contributed by atoms with Crippen LogP contribution in [0.25, 0.3) is 0 Å². The third-order valence-electron chi connectivity index (χ3n) is 4.43. The highest BCUT2D eigenvalue weighted by Gasteiger charge is 2.22. The smallest absolute Gasteiger partial charge is 0.337 e. The van der Waals surface area contributed by atoms with Gasteiger partial charge in [-0.1, -0.05) is 19.9 Å². The molecular weight excluding hydrogens is 380 g/mol. The van der Waals surface area contributed by atoms with Crippen LogP contribution >= 0.6 is 11.8 Å². The predicted octanol–water partition coefficient (Wildman–Crippen LogP) is 2.97. The number of ether oxygens (including phenoxy) is 1. The number of carboxylic acids is 1. The summed E-state index contributed by atoms with van der Waals surface area (Å²) in [4.78, 5) is 36.4. The molecule has 0 bridgehead atoms. The molecule has 1 aliphatic carbocycles. The van der Waals surface area contributed by atoms with Gasteiger partial charge in [-0.15, -0.1) is 11.8 Å². The Morgan fingerprint density at radius 2 is 1.96 bits per heavy atom. The summed E-state index contributed by atoms with van der Waals surface area (Å²) in [7, 11) is 0. The van der Waals surface area contributed by atoms with Gasteiger partial charge in [0.25, 0.3) is 0 Å². The van der Waals surface area contributed by atoms with Crippen molar-refractivity contribution >= 4 is 29.6 Å². The van der Waals surface area contributed by atoms with Crippen LogP contribution in [0, 0.1) is 0 Å². The van der Waals surface area contributed by atoms with Gasteiger partial charge in [0.1, 0.15) is 6.04 Å². The summed E-state index contributed by atoms with van der Waals surface area (Å²) < 4.78 is 5.04. The Morgan fingerprint density at radius 3 is 2.61 bits per heavy atom. The van der Waals surface area contributed by atoms with E-state index in [2.05, 4.69) is 17.2 Å². The van der Waals surface area contributed by atoms with E-state index >= 15 is 0 Å². The summed E-state index contributed by atoms with van der Waals surface area (Å²) in [6.07, 6.45) is 5.34. The molecule has 1 rings (SSSR count). The number of carbonyl (C=O) groups is 3. The number of nitrogens with one attached hydrogen (secondary N) is 2. The van der Waals surface area contributed by atoms with E-state index in [1.165, 1.54) is 11.8 Å². The highest BCUT2D eigenvalue weighted by molar-refractivity contribution is 8.03. The van der Waals surface area contributed by atoms with Crippen molar-refractivity contribution in [2.24, 2.45) is 0 Å². The van der Waals surface area contributed by atoms with Gasteiger partial charge >= 0.3 is 11.9 Å². The van der Waals surface area contributed by atoms with Crippen LogP contribution in [0.15, 0.2) is 22.6 Å². The first-order valence-electron chi connectivity index (χ1n) is 9.84. The molecule has 1 amide bonds. The second kappa shape index (κ2) is 13.4. The maximum Gasteiger partial charge on any atom is 0.337 e. The molecule has 28 heavy (non-hydrogen) atoms. The van der Waals surface area contributed by atoms with Gasteiger partial charge in [-0.3, -0.25) is 9.59 Å². The first kappa shape index (κ1) is 24.2. The summed E-state index contributed by atoms with van der Waals surface area (Å²) >= 11 is 1.47. The first-order chi connectivity index (χ1) is 13.4. The first-order valence-corrected chi connectivity index (χ1v) is 10.8. The number of allylic oxidation sites excluding steroid dienone is 1. The van der Waals surface area contributed by atoms with Crippen LogP contribution in [-0.2, 0) is 19.1 Å². The minimum atomic E-state index is -1.03. The molecule has 158 valence electrons. The lowest BCUT2D eigenvalue weighted by molar-refractivity contribution is -0.141. The largest absolute Gasteiger partial charge is 0.480 e. The van der Waals surface area contributed by atoms with E-state index in [4.69, 9.17) is 4.74 Å². The third kappa shape index (κ3) is 8.48. The van der Waals surface area contributed by atoms with Gasteiger partial charge < -0.3 is 20.5 Å². The monoisotopic (exact) mass is 412 g/mol. The number of hydrogen-bond acceptors (Lipinski definition) is 6. The van der Waals surface area contributed by atoms with Gasteiger partial charge in [0.2, 0.25) is 5.91 Å². The summed E-state index contributed by atoms with van der Waals surface area (Å²) in [5.41, 5.74) is 1.30. The molecule has 0 saturated heterocycles. The molecule has 7 nitrogen and oxygen atoms in total. The topological polar surface area (TPSA) is 105 Å². The number of carboxylic acid groups (broad SMARTS) is 1. The lowest BCUT2D eigenvalue weighted by atomic mass is 9.94. The average molecular weight is 413 g/mol. The fraction of sp³-hybridized carbons (Fsp3) is 0.650. The average Bonchev–Trinajstić information content (AvgIpc) is 2.67. The highest BCUT2D eigenvalue weighted by atomic mass is 32.2. The molecule has 0 spiro atoms. The molecule has 0 unspecified atom stereocenters. The van der Waals surface area contributed by atoms with Crippen LogP contribution < -0.4 is 10.6 Å². The molecule has 0 aromatic rings. The van der Waals surface area contributed by atoms with E-state index in [9.17, 15) is 19.5 Å². The molecular formula is C20H32N2O5S. The molecule has 1 aliphatic rings. The number of thioether (sulfide) groups is 1. The Hall–Kier alpha value is -1.80. The summed E-state index contributed by atoms with van der Waals surface area (Å²) in [6.45, 7) is 8.53. The third-order valence-corrected chi connectivity index (χ3v) is 5.52. The molecule has 3 N–H and O–H groups in total. The van der Waals surface area contributed by atoms with Crippen LogP contribution in [0.5, 0.6) is 0 Å². The molecule has 0 fully saturated rings. The van der Waals surface area contributed by atoms with Crippen molar-refractivity contribution in [1.29, 1.82) is 0 Å². The number of carbonyl (C=O) groups excluding carboxylic acids is 2. The Bertz CT molecular complexity index is 603. The molecule has 8 heteroatoms. The summed E-state index contributed by atoms with van der Waals surface area (Å²) in [6, 6.07) is -0.885. The summed E-state index contributed by atoms with van der Waals surface area (Å²) in [5, 5.41) is 14.9. The number of esters is 1. The van der Waals surface area contributed by atoms with Crippen molar-refractivity contribution in [2.75, 3.05) is 19.0 Å².